The van der Waals surface area contributed by atoms with Gasteiger partial charge in [-0.05, 0) is 44.5 Å². The van der Waals surface area contributed by atoms with Crippen LogP contribution in [0.25, 0.3) is 0 Å². The van der Waals surface area contributed by atoms with E-state index >= 15 is 0 Å². The van der Waals surface area contributed by atoms with Crippen molar-refractivity contribution in [1.82, 2.24) is 10.2 Å². The van der Waals surface area contributed by atoms with E-state index in [0.717, 1.165) is 18.3 Å². The zero-order chi connectivity index (χ0) is 18.1. The summed E-state index contributed by atoms with van der Waals surface area (Å²) < 4.78 is 10.6. The molecule has 1 aliphatic rings. The zero-order valence-electron chi connectivity index (χ0n) is 15.8. The molecule has 1 amide bonds. The number of hydrogen-bond donors (Lipinski definition) is 1. The molecule has 2 rings (SSSR count). The third kappa shape index (κ3) is 7.04. The molecule has 5 heteroatoms. The Hall–Kier alpha value is -1.59. The third-order valence-corrected chi connectivity index (χ3v) is 4.75. The second kappa shape index (κ2) is 10.4. The normalized spacial score (nSPS) is 16.6. The lowest BCUT2D eigenvalue weighted by Crippen LogP contribution is -2.35. The molecule has 0 heterocycles. The van der Waals surface area contributed by atoms with Crippen LogP contribution in [0.1, 0.15) is 44.6 Å². The van der Waals surface area contributed by atoms with Crippen LogP contribution in [0.5, 0.6) is 5.75 Å². The number of nitrogens with zero attached hydrogens (tertiary/aromatic N) is 1. The fraction of sp³-hybridized carbons (Fsp3) is 0.650. The Morgan fingerprint density at radius 1 is 1.24 bits per heavy atom. The highest BCUT2D eigenvalue weighted by Gasteiger charge is 2.17. The van der Waals surface area contributed by atoms with Gasteiger partial charge in [-0.15, -0.1) is 0 Å². The van der Waals surface area contributed by atoms with E-state index in [4.69, 9.17) is 9.47 Å². The summed E-state index contributed by atoms with van der Waals surface area (Å²) in [5, 5.41) is 2.78. The number of amides is 1. The van der Waals surface area contributed by atoms with E-state index in [0.29, 0.717) is 6.54 Å². The molecule has 0 saturated heterocycles. The van der Waals surface area contributed by atoms with Crippen molar-refractivity contribution in [3.05, 3.63) is 29.8 Å². The second-order valence-corrected chi connectivity index (χ2v) is 7.02. The van der Waals surface area contributed by atoms with Crippen LogP contribution in [0.3, 0.4) is 0 Å². The Morgan fingerprint density at radius 3 is 2.56 bits per heavy atom. The molecular weight excluding hydrogens is 316 g/mol. The summed E-state index contributed by atoms with van der Waals surface area (Å²) in [6.45, 7) is 3.47. The van der Waals surface area contributed by atoms with Crippen LogP contribution in [0.4, 0.5) is 0 Å². The number of carbonyl (C=O) groups excluding carboxylic acids is 1. The number of nitrogens with one attached hydrogen (secondary N) is 1. The first kappa shape index (κ1) is 19.7. The van der Waals surface area contributed by atoms with Gasteiger partial charge in [0.15, 0.2) is 0 Å². The molecule has 1 saturated carbocycles. The van der Waals surface area contributed by atoms with Crippen LogP contribution in [0.2, 0.25) is 0 Å². The number of carbonyl (C=O) groups is 1. The van der Waals surface area contributed by atoms with Crippen molar-refractivity contribution in [3.8, 4) is 5.75 Å². The van der Waals surface area contributed by atoms with Gasteiger partial charge in [0.05, 0.1) is 6.54 Å². The molecule has 0 aliphatic heterocycles. The zero-order valence-corrected chi connectivity index (χ0v) is 15.8. The van der Waals surface area contributed by atoms with Crippen LogP contribution in [0.15, 0.2) is 24.3 Å². The molecule has 1 aromatic rings. The quantitative estimate of drug-likeness (QED) is 0.745. The van der Waals surface area contributed by atoms with Gasteiger partial charge in [-0.3, -0.25) is 9.69 Å². The van der Waals surface area contributed by atoms with E-state index in [9.17, 15) is 4.79 Å². The van der Waals surface area contributed by atoms with Gasteiger partial charge in [0.25, 0.3) is 0 Å². The van der Waals surface area contributed by atoms with Gasteiger partial charge in [0, 0.05) is 19.7 Å². The van der Waals surface area contributed by atoms with Crippen LogP contribution < -0.4 is 10.1 Å². The molecule has 5 nitrogen and oxygen atoms in total. The smallest absolute Gasteiger partial charge is 0.246 e. The largest absolute Gasteiger partial charge is 0.489 e. The minimum absolute atomic E-state index is 0.0793. The van der Waals surface area contributed by atoms with Crippen molar-refractivity contribution in [2.75, 3.05) is 27.3 Å². The Labute approximate surface area is 151 Å². The average molecular weight is 348 g/mol. The lowest BCUT2D eigenvalue weighted by Gasteiger charge is -2.31. The molecule has 0 radical (unpaired) electrons. The molecule has 1 fully saturated rings. The topological polar surface area (TPSA) is 50.8 Å². The Kier molecular flexibility index (Phi) is 8.22. The van der Waals surface area contributed by atoms with E-state index in [1.165, 1.54) is 44.8 Å². The van der Waals surface area contributed by atoms with Crippen molar-refractivity contribution in [3.63, 3.8) is 0 Å². The maximum absolute atomic E-state index is 11.4. The number of benzene rings is 1. The summed E-state index contributed by atoms with van der Waals surface area (Å²) >= 11 is 0. The molecule has 1 unspecified atom stereocenters. The number of rotatable bonds is 9. The highest BCUT2D eigenvalue weighted by Crippen LogP contribution is 2.23. The predicted octanol–water partition coefficient (Wildman–Crippen LogP) is 2.98. The van der Waals surface area contributed by atoms with E-state index in [-0.39, 0.29) is 18.6 Å². The van der Waals surface area contributed by atoms with E-state index in [1.54, 1.807) is 0 Å². The standard InChI is InChI=1S/C20H32N2O3/c1-16(13-21-20(23)15-24-3)25-19-11-9-17(10-12-19)14-22(2)18-7-5-4-6-8-18/h9-12,16,18H,4-8,13-15H2,1-3H3,(H,21,23). The summed E-state index contributed by atoms with van der Waals surface area (Å²) in [6.07, 6.45) is 6.67. The van der Waals surface area contributed by atoms with Gasteiger partial charge in [-0.2, -0.15) is 0 Å². The molecule has 1 aromatic carbocycles. The molecular formula is C20H32N2O3. The second-order valence-electron chi connectivity index (χ2n) is 7.02. The maximum Gasteiger partial charge on any atom is 0.246 e. The van der Waals surface area contributed by atoms with Crippen LogP contribution in [0, 0.1) is 0 Å². The molecule has 0 aromatic heterocycles. The molecule has 1 aliphatic carbocycles. The van der Waals surface area contributed by atoms with E-state index in [2.05, 4.69) is 29.4 Å². The highest BCUT2D eigenvalue weighted by atomic mass is 16.5. The first-order chi connectivity index (χ1) is 12.1. The van der Waals surface area contributed by atoms with Crippen molar-refractivity contribution >= 4 is 5.91 Å². The van der Waals surface area contributed by atoms with Crippen molar-refractivity contribution < 1.29 is 14.3 Å². The SMILES string of the molecule is COCC(=O)NCC(C)Oc1ccc(CN(C)C2CCCCC2)cc1. The Morgan fingerprint density at radius 2 is 1.92 bits per heavy atom. The molecule has 140 valence electrons. The van der Waals surface area contributed by atoms with Gasteiger partial charge in [0.2, 0.25) is 5.91 Å². The molecule has 25 heavy (non-hydrogen) atoms. The van der Waals surface area contributed by atoms with Crippen molar-refractivity contribution in [2.45, 2.75) is 57.7 Å². The summed E-state index contributed by atoms with van der Waals surface area (Å²) in [5.41, 5.74) is 1.31. The molecule has 0 bridgehead atoms. The van der Waals surface area contributed by atoms with Crippen LogP contribution in [-0.2, 0) is 16.1 Å². The van der Waals surface area contributed by atoms with Gasteiger partial charge in [0.1, 0.15) is 18.5 Å². The van der Waals surface area contributed by atoms with Crippen LogP contribution >= 0.6 is 0 Å². The van der Waals surface area contributed by atoms with E-state index < -0.39 is 0 Å². The first-order valence-corrected chi connectivity index (χ1v) is 9.30. The van der Waals surface area contributed by atoms with Gasteiger partial charge in [-0.25, -0.2) is 0 Å². The third-order valence-electron chi connectivity index (χ3n) is 4.75. The number of hydrogen-bond acceptors (Lipinski definition) is 4. The summed E-state index contributed by atoms with van der Waals surface area (Å²) in [6, 6.07) is 9.01. The lowest BCUT2D eigenvalue weighted by atomic mass is 9.94. The fourth-order valence-corrected chi connectivity index (χ4v) is 3.33. The van der Waals surface area contributed by atoms with Crippen molar-refractivity contribution in [1.29, 1.82) is 0 Å². The first-order valence-electron chi connectivity index (χ1n) is 9.30. The summed E-state index contributed by atoms with van der Waals surface area (Å²) in [4.78, 5) is 13.9. The summed E-state index contributed by atoms with van der Waals surface area (Å²) in [7, 11) is 3.73. The summed E-state index contributed by atoms with van der Waals surface area (Å²) in [5.74, 6) is 0.705. The molecule has 1 N–H and O–H groups in total. The van der Waals surface area contributed by atoms with Gasteiger partial charge < -0.3 is 14.8 Å². The highest BCUT2D eigenvalue weighted by molar-refractivity contribution is 5.77. The van der Waals surface area contributed by atoms with Crippen molar-refractivity contribution in [2.24, 2.45) is 0 Å². The minimum Gasteiger partial charge on any atom is -0.489 e. The van der Waals surface area contributed by atoms with E-state index in [1.807, 2.05) is 19.1 Å². The molecule has 0 spiro atoms. The average Bonchev–Trinajstić information content (AvgIpc) is 2.62. The maximum atomic E-state index is 11.4. The predicted molar refractivity (Wildman–Crippen MR) is 99.8 cm³/mol. The fourth-order valence-electron chi connectivity index (χ4n) is 3.33. The van der Waals surface area contributed by atoms with Gasteiger partial charge in [-0.1, -0.05) is 31.4 Å². The Balaban J connectivity index is 1.76. The molecule has 1 atom stereocenters. The Bertz CT molecular complexity index is 512. The monoisotopic (exact) mass is 348 g/mol. The number of ether oxygens (including phenoxy) is 2. The minimum atomic E-state index is -0.126. The van der Waals surface area contributed by atoms with Crippen LogP contribution in [-0.4, -0.2) is 50.3 Å². The lowest BCUT2D eigenvalue weighted by molar-refractivity contribution is -0.125. The van der Waals surface area contributed by atoms with Gasteiger partial charge >= 0.3 is 0 Å². The number of methoxy groups -OCH3 is 1.